The first kappa shape index (κ1) is 25.0. The van der Waals surface area contributed by atoms with Gasteiger partial charge in [-0.05, 0) is 55.2 Å². The highest BCUT2D eigenvalue weighted by molar-refractivity contribution is 5.95. The highest BCUT2D eigenvalue weighted by Crippen LogP contribution is 2.26. The normalized spacial score (nSPS) is 17.7. The van der Waals surface area contributed by atoms with Crippen molar-refractivity contribution in [3.8, 4) is 5.75 Å². The second-order valence-corrected chi connectivity index (χ2v) is 9.68. The molecule has 0 aromatic heterocycles. The van der Waals surface area contributed by atoms with Gasteiger partial charge in [-0.2, -0.15) is 0 Å². The molecule has 3 amide bonds. The number of aliphatic hydroxyl groups excluding tert-OH is 1. The molecule has 35 heavy (non-hydrogen) atoms. The second-order valence-electron chi connectivity index (χ2n) is 9.68. The Morgan fingerprint density at radius 3 is 2.46 bits per heavy atom. The van der Waals surface area contributed by atoms with E-state index in [-0.39, 0.29) is 11.9 Å². The summed E-state index contributed by atoms with van der Waals surface area (Å²) in [6.45, 7) is 4.27. The molecule has 0 radical (unpaired) electrons. The molecule has 1 aliphatic heterocycles. The number of nitrogens with zero attached hydrogens (tertiary/aromatic N) is 2. The molecular weight excluding hydrogens is 442 g/mol. The first-order valence-electron chi connectivity index (χ1n) is 12.9. The first-order valence-corrected chi connectivity index (χ1v) is 12.9. The van der Waals surface area contributed by atoms with Gasteiger partial charge in [0.15, 0.2) is 0 Å². The van der Waals surface area contributed by atoms with Crippen LogP contribution in [0.2, 0.25) is 0 Å². The first-order chi connectivity index (χ1) is 17.0. The summed E-state index contributed by atoms with van der Waals surface area (Å²) in [6.07, 6.45) is 7.12. The third-order valence-electron chi connectivity index (χ3n) is 7.07. The lowest BCUT2D eigenvalue weighted by molar-refractivity contribution is 0.0671. The van der Waals surface area contributed by atoms with Crippen LogP contribution in [0.15, 0.2) is 48.5 Å². The molecule has 2 fully saturated rings. The maximum absolute atomic E-state index is 13.1. The Bertz CT molecular complexity index is 995. The lowest BCUT2D eigenvalue weighted by atomic mass is 9.87. The number of benzene rings is 2. The number of hydrogen-bond donors (Lipinski definition) is 2. The van der Waals surface area contributed by atoms with Crippen molar-refractivity contribution in [2.24, 2.45) is 5.92 Å². The largest absolute Gasteiger partial charge is 0.494 e. The Morgan fingerprint density at radius 2 is 1.71 bits per heavy atom. The topological polar surface area (TPSA) is 82.1 Å². The Labute approximate surface area is 208 Å². The van der Waals surface area contributed by atoms with Gasteiger partial charge >= 0.3 is 6.03 Å². The average molecular weight is 480 g/mol. The number of anilines is 1. The second kappa shape index (κ2) is 12.1. The number of hydrogen-bond acceptors (Lipinski definition) is 4. The monoisotopic (exact) mass is 479 g/mol. The molecule has 1 saturated heterocycles. The fraction of sp³-hybridized carbons (Fsp3) is 0.500. The predicted molar refractivity (Wildman–Crippen MR) is 137 cm³/mol. The number of rotatable bonds is 7. The Hall–Kier alpha value is -3.06. The lowest BCUT2D eigenvalue weighted by Crippen LogP contribution is -2.51. The minimum absolute atomic E-state index is 0.0348. The number of piperazine rings is 1. The van der Waals surface area contributed by atoms with E-state index in [1.165, 1.54) is 32.1 Å². The van der Waals surface area contributed by atoms with Crippen LogP contribution in [0.4, 0.5) is 10.5 Å². The fourth-order valence-electron chi connectivity index (χ4n) is 4.91. The van der Waals surface area contributed by atoms with E-state index >= 15 is 0 Å². The molecule has 7 heteroatoms. The number of urea groups is 1. The van der Waals surface area contributed by atoms with Gasteiger partial charge in [-0.1, -0.05) is 50.3 Å². The molecule has 1 heterocycles. The van der Waals surface area contributed by atoms with Crippen molar-refractivity contribution < 1.29 is 19.4 Å². The van der Waals surface area contributed by atoms with Crippen molar-refractivity contribution >= 4 is 17.6 Å². The molecule has 0 bridgehead atoms. The average Bonchev–Trinajstić information content (AvgIpc) is 2.89. The van der Waals surface area contributed by atoms with Gasteiger partial charge in [-0.3, -0.25) is 4.79 Å². The zero-order valence-electron chi connectivity index (χ0n) is 20.6. The molecule has 2 aromatic carbocycles. The van der Waals surface area contributed by atoms with Crippen molar-refractivity contribution in [1.29, 1.82) is 0 Å². The van der Waals surface area contributed by atoms with E-state index in [0.29, 0.717) is 44.0 Å². The fourth-order valence-corrected chi connectivity index (χ4v) is 4.91. The minimum atomic E-state index is -0.595. The molecular formula is C28H37N3O4. The highest BCUT2D eigenvalue weighted by atomic mass is 16.5. The predicted octanol–water partition coefficient (Wildman–Crippen LogP) is 5.08. The number of carbonyl (C=O) groups is 2. The summed E-state index contributed by atoms with van der Waals surface area (Å²) in [5.41, 5.74) is 2.01. The highest BCUT2D eigenvalue weighted by Gasteiger charge is 2.25. The molecule has 1 aliphatic carbocycles. The molecule has 1 saturated carbocycles. The van der Waals surface area contributed by atoms with E-state index in [0.717, 1.165) is 23.7 Å². The van der Waals surface area contributed by atoms with Gasteiger partial charge in [0.2, 0.25) is 0 Å². The van der Waals surface area contributed by atoms with Crippen molar-refractivity contribution in [3.63, 3.8) is 0 Å². The molecule has 2 aromatic rings. The van der Waals surface area contributed by atoms with Gasteiger partial charge in [0.25, 0.3) is 5.91 Å². The smallest absolute Gasteiger partial charge is 0.321 e. The molecule has 1 atom stereocenters. The molecule has 7 nitrogen and oxygen atoms in total. The number of ether oxygens (including phenoxy) is 1. The van der Waals surface area contributed by atoms with Crippen LogP contribution >= 0.6 is 0 Å². The molecule has 188 valence electrons. The summed E-state index contributed by atoms with van der Waals surface area (Å²) in [6, 6.07) is 14.4. The summed E-state index contributed by atoms with van der Waals surface area (Å²) < 4.78 is 5.97. The maximum Gasteiger partial charge on any atom is 0.321 e. The van der Waals surface area contributed by atoms with Crippen LogP contribution in [0.1, 0.15) is 67.5 Å². The molecule has 2 aliphatic rings. The molecule has 2 N–H and O–H groups in total. The van der Waals surface area contributed by atoms with Crippen LogP contribution in [0.25, 0.3) is 0 Å². The van der Waals surface area contributed by atoms with Crippen LogP contribution in [0, 0.1) is 5.92 Å². The van der Waals surface area contributed by atoms with E-state index in [2.05, 4.69) is 5.32 Å². The quantitative estimate of drug-likeness (QED) is 0.580. The van der Waals surface area contributed by atoms with E-state index in [9.17, 15) is 14.7 Å². The summed E-state index contributed by atoms with van der Waals surface area (Å²) in [5.74, 6) is 1.47. The molecule has 1 unspecified atom stereocenters. The summed E-state index contributed by atoms with van der Waals surface area (Å²) in [5, 5.41) is 12.6. The van der Waals surface area contributed by atoms with Gasteiger partial charge in [0.05, 0.1) is 12.7 Å². The van der Waals surface area contributed by atoms with Crippen LogP contribution in [0.3, 0.4) is 0 Å². The van der Waals surface area contributed by atoms with E-state index in [4.69, 9.17) is 4.74 Å². The van der Waals surface area contributed by atoms with E-state index in [1.54, 1.807) is 28.9 Å². The maximum atomic E-state index is 13.1. The van der Waals surface area contributed by atoms with Gasteiger partial charge < -0.3 is 25.0 Å². The SMILES string of the molecule is CC(O)c1cccc(NC(=O)N2CCN(C(=O)c3cccc(OCCC4CCCCC4)c3)CC2)c1. The summed E-state index contributed by atoms with van der Waals surface area (Å²) in [4.78, 5) is 29.3. The number of aliphatic hydroxyl groups is 1. The third-order valence-corrected chi connectivity index (χ3v) is 7.07. The van der Waals surface area contributed by atoms with Crippen molar-refractivity contribution in [1.82, 2.24) is 9.80 Å². The summed E-state index contributed by atoms with van der Waals surface area (Å²) >= 11 is 0. The van der Waals surface area contributed by atoms with Crippen LogP contribution in [-0.4, -0.2) is 59.6 Å². The summed E-state index contributed by atoms with van der Waals surface area (Å²) in [7, 11) is 0. The third kappa shape index (κ3) is 6.98. The van der Waals surface area contributed by atoms with Crippen molar-refractivity contribution in [2.45, 2.75) is 51.6 Å². The lowest BCUT2D eigenvalue weighted by Gasteiger charge is -2.34. The minimum Gasteiger partial charge on any atom is -0.494 e. The Kier molecular flexibility index (Phi) is 8.64. The van der Waals surface area contributed by atoms with E-state index in [1.807, 2.05) is 36.4 Å². The standard InChI is InChI=1S/C28H37N3O4/c1-21(32)23-9-5-11-25(19-23)29-28(34)31-16-14-30(15-17-31)27(33)24-10-6-12-26(20-24)35-18-13-22-7-3-2-4-8-22/h5-6,9-12,19-22,32H,2-4,7-8,13-18H2,1H3,(H,29,34). The van der Waals surface area contributed by atoms with Crippen LogP contribution in [0.5, 0.6) is 5.75 Å². The van der Waals surface area contributed by atoms with Crippen molar-refractivity contribution in [2.75, 3.05) is 38.1 Å². The van der Waals surface area contributed by atoms with Gasteiger partial charge in [0, 0.05) is 37.4 Å². The molecule has 4 rings (SSSR count). The Morgan fingerprint density at radius 1 is 1.00 bits per heavy atom. The molecule has 0 spiro atoms. The number of carbonyl (C=O) groups excluding carboxylic acids is 2. The van der Waals surface area contributed by atoms with E-state index < -0.39 is 6.10 Å². The number of nitrogens with one attached hydrogen (secondary N) is 1. The van der Waals surface area contributed by atoms with Crippen molar-refractivity contribution in [3.05, 3.63) is 59.7 Å². The van der Waals surface area contributed by atoms with Gasteiger partial charge in [-0.15, -0.1) is 0 Å². The number of amides is 3. The van der Waals surface area contributed by atoms with Gasteiger partial charge in [0.1, 0.15) is 5.75 Å². The zero-order valence-corrected chi connectivity index (χ0v) is 20.6. The Balaban J connectivity index is 1.25. The van der Waals surface area contributed by atoms with Crippen LogP contribution in [-0.2, 0) is 0 Å². The zero-order chi connectivity index (χ0) is 24.6. The van der Waals surface area contributed by atoms with Gasteiger partial charge in [-0.25, -0.2) is 4.79 Å². The van der Waals surface area contributed by atoms with Crippen LogP contribution < -0.4 is 10.1 Å².